The third kappa shape index (κ3) is 9.66. The second-order valence-corrected chi connectivity index (χ2v) is 10.3. The molecule has 41 heavy (non-hydrogen) atoms. The quantitative estimate of drug-likeness (QED) is 0.355. The lowest BCUT2D eigenvalue weighted by molar-refractivity contribution is -0.142. The molecule has 3 unspecified atom stereocenters. The maximum atomic E-state index is 13.7. The smallest absolute Gasteiger partial charge is 0.247 e. The van der Waals surface area contributed by atoms with Crippen molar-refractivity contribution in [2.75, 3.05) is 19.6 Å². The number of hydrogen-bond donors (Lipinski definition) is 2. The van der Waals surface area contributed by atoms with E-state index in [1.54, 1.807) is 4.90 Å². The molecule has 10 nitrogen and oxygen atoms in total. The second kappa shape index (κ2) is 15.4. The summed E-state index contributed by atoms with van der Waals surface area (Å²) in [5.74, 6) is -1.86. The Morgan fingerprint density at radius 3 is 2.07 bits per heavy atom. The third-order valence-corrected chi connectivity index (χ3v) is 7.08. The number of Topliss-reactive ketones (excluding diaryl/α,β-unsaturated/α-hetero) is 1. The van der Waals surface area contributed by atoms with Gasteiger partial charge in [0.25, 0.3) is 0 Å². The van der Waals surface area contributed by atoms with Crippen LogP contribution in [-0.2, 0) is 41.6 Å². The molecule has 218 valence electrons. The molecule has 0 aromatic heterocycles. The monoisotopic (exact) mass is 562 g/mol. The van der Waals surface area contributed by atoms with Crippen molar-refractivity contribution >= 4 is 35.7 Å². The van der Waals surface area contributed by atoms with Gasteiger partial charge in [0, 0.05) is 38.9 Å². The van der Waals surface area contributed by atoms with E-state index >= 15 is 0 Å². The van der Waals surface area contributed by atoms with Crippen LogP contribution in [-0.4, -0.2) is 83.3 Å². The minimum Gasteiger partial charge on any atom is -0.344 e. The van der Waals surface area contributed by atoms with E-state index in [-0.39, 0.29) is 56.5 Å². The summed E-state index contributed by atoms with van der Waals surface area (Å²) in [4.78, 5) is 78.4. The van der Waals surface area contributed by atoms with Crippen LogP contribution in [0.4, 0.5) is 0 Å². The Balaban J connectivity index is 1.73. The lowest BCUT2D eigenvalue weighted by atomic mass is 10.1. The Labute approximate surface area is 240 Å². The number of ketones is 1. The molecule has 0 aliphatic carbocycles. The first-order valence-electron chi connectivity index (χ1n) is 13.9. The molecule has 0 saturated carbocycles. The van der Waals surface area contributed by atoms with Crippen molar-refractivity contribution in [3.05, 3.63) is 71.8 Å². The van der Waals surface area contributed by atoms with Crippen LogP contribution in [0.25, 0.3) is 0 Å². The molecule has 1 saturated heterocycles. The number of aldehydes is 1. The van der Waals surface area contributed by atoms with Gasteiger partial charge in [0.15, 0.2) is 0 Å². The average Bonchev–Trinajstić information content (AvgIpc) is 3.13. The summed E-state index contributed by atoms with van der Waals surface area (Å²) in [5.41, 5.74) is 1.99. The summed E-state index contributed by atoms with van der Waals surface area (Å²) in [6, 6.07) is 16.0. The number of carbonyl (C=O) groups excluding carboxylic acids is 6. The van der Waals surface area contributed by atoms with E-state index in [0.29, 0.717) is 19.1 Å². The van der Waals surface area contributed by atoms with Gasteiger partial charge in [-0.2, -0.15) is 0 Å². The zero-order valence-corrected chi connectivity index (χ0v) is 23.6. The van der Waals surface area contributed by atoms with E-state index < -0.39 is 29.9 Å². The maximum absolute atomic E-state index is 13.7. The van der Waals surface area contributed by atoms with E-state index in [4.69, 9.17) is 0 Å². The number of nitrogens with one attached hydrogen (secondary N) is 2. The fourth-order valence-electron chi connectivity index (χ4n) is 4.76. The van der Waals surface area contributed by atoms with Gasteiger partial charge in [-0.3, -0.25) is 24.0 Å². The van der Waals surface area contributed by atoms with Crippen molar-refractivity contribution in [1.29, 1.82) is 0 Å². The average molecular weight is 563 g/mol. The molecule has 1 aliphatic heterocycles. The summed E-state index contributed by atoms with van der Waals surface area (Å²) >= 11 is 0. The molecule has 2 aromatic carbocycles. The highest BCUT2D eigenvalue weighted by atomic mass is 16.2. The Hall–Kier alpha value is -4.34. The van der Waals surface area contributed by atoms with Gasteiger partial charge in [-0.25, -0.2) is 0 Å². The van der Waals surface area contributed by atoms with Gasteiger partial charge >= 0.3 is 0 Å². The van der Waals surface area contributed by atoms with E-state index in [2.05, 4.69) is 10.6 Å². The summed E-state index contributed by atoms with van der Waals surface area (Å²) in [5, 5.41) is 5.30. The zero-order valence-electron chi connectivity index (χ0n) is 23.6. The van der Waals surface area contributed by atoms with Gasteiger partial charge in [0.1, 0.15) is 24.2 Å². The van der Waals surface area contributed by atoms with E-state index in [1.165, 1.54) is 18.7 Å². The second-order valence-electron chi connectivity index (χ2n) is 10.3. The third-order valence-electron chi connectivity index (χ3n) is 7.08. The molecule has 3 rings (SSSR count). The van der Waals surface area contributed by atoms with Crippen LogP contribution >= 0.6 is 0 Å². The highest BCUT2D eigenvalue weighted by Gasteiger charge is 2.37. The standard InChI is InChI=1S/C31H38N4O6/c1-22(37)19-26(21-36)32-30(40)23(2)35-18-17-34(29(39)16-14-25-11-7-4-8-12-25)20-27(31(35)41)33-28(38)15-13-24-9-5-3-6-10-24/h3-12,21,23,26-27H,13-20H2,1-2H3,(H,32,40)(H,33,38). The van der Waals surface area contributed by atoms with Gasteiger partial charge in [-0.1, -0.05) is 60.7 Å². The molecule has 2 aromatic rings. The maximum Gasteiger partial charge on any atom is 0.247 e. The summed E-state index contributed by atoms with van der Waals surface area (Å²) in [7, 11) is 0. The van der Waals surface area contributed by atoms with E-state index in [9.17, 15) is 28.8 Å². The van der Waals surface area contributed by atoms with Gasteiger partial charge in [-0.05, 0) is 37.8 Å². The van der Waals surface area contributed by atoms with Crippen LogP contribution in [0.15, 0.2) is 60.7 Å². The molecule has 0 spiro atoms. The number of amides is 4. The van der Waals surface area contributed by atoms with E-state index in [1.807, 2.05) is 60.7 Å². The predicted octanol–water partition coefficient (Wildman–Crippen LogP) is 1.46. The van der Waals surface area contributed by atoms with Crippen LogP contribution in [0.2, 0.25) is 0 Å². The minimum absolute atomic E-state index is 0.0182. The Morgan fingerprint density at radius 2 is 1.51 bits per heavy atom. The Kier molecular flexibility index (Phi) is 11.8. The molecule has 4 amide bonds. The molecule has 1 aliphatic rings. The van der Waals surface area contributed by atoms with Crippen molar-refractivity contribution in [2.24, 2.45) is 0 Å². The predicted molar refractivity (Wildman–Crippen MR) is 153 cm³/mol. The van der Waals surface area contributed by atoms with Crippen LogP contribution < -0.4 is 10.6 Å². The van der Waals surface area contributed by atoms with Crippen molar-refractivity contribution < 1.29 is 28.8 Å². The number of nitrogens with zero attached hydrogens (tertiary/aromatic N) is 2. The van der Waals surface area contributed by atoms with E-state index in [0.717, 1.165) is 11.1 Å². The molecular weight excluding hydrogens is 524 g/mol. The van der Waals surface area contributed by atoms with Crippen molar-refractivity contribution in [3.8, 4) is 0 Å². The SMILES string of the molecule is CC(=O)CC(C=O)NC(=O)C(C)N1CCN(C(=O)CCc2ccccc2)CC(NC(=O)CCc2ccccc2)C1=O. The molecule has 0 radical (unpaired) electrons. The topological polar surface area (TPSA) is 133 Å². The summed E-state index contributed by atoms with van der Waals surface area (Å²) in [6.07, 6.45) is 1.73. The molecule has 1 heterocycles. The van der Waals surface area contributed by atoms with Gasteiger partial charge in [0.05, 0.1) is 6.04 Å². The molecule has 3 atom stereocenters. The normalized spacial score (nSPS) is 16.7. The van der Waals surface area contributed by atoms with Crippen molar-refractivity contribution in [2.45, 2.75) is 64.1 Å². The summed E-state index contributed by atoms with van der Waals surface area (Å²) < 4.78 is 0. The highest BCUT2D eigenvalue weighted by molar-refractivity contribution is 5.94. The number of benzene rings is 2. The van der Waals surface area contributed by atoms with Crippen LogP contribution in [0, 0.1) is 0 Å². The first kappa shape index (κ1) is 31.2. The van der Waals surface area contributed by atoms with Crippen molar-refractivity contribution in [1.82, 2.24) is 20.4 Å². The Bertz CT molecular complexity index is 1220. The number of aryl methyl sites for hydroxylation is 2. The molecule has 1 fully saturated rings. The van der Waals surface area contributed by atoms with Crippen LogP contribution in [0.1, 0.15) is 44.2 Å². The highest BCUT2D eigenvalue weighted by Crippen LogP contribution is 2.14. The lowest BCUT2D eigenvalue weighted by Gasteiger charge is -2.30. The molecular formula is C31H38N4O6. The van der Waals surface area contributed by atoms with Gasteiger partial charge in [-0.15, -0.1) is 0 Å². The number of carbonyl (C=O) groups is 6. The fraction of sp³-hybridized carbons (Fsp3) is 0.419. The zero-order chi connectivity index (χ0) is 29.8. The number of hydrogen-bond acceptors (Lipinski definition) is 6. The molecule has 2 N–H and O–H groups in total. The van der Waals surface area contributed by atoms with Gasteiger partial charge in [0.2, 0.25) is 23.6 Å². The van der Waals surface area contributed by atoms with Gasteiger partial charge < -0.3 is 25.2 Å². The van der Waals surface area contributed by atoms with Crippen molar-refractivity contribution in [3.63, 3.8) is 0 Å². The molecule has 10 heteroatoms. The first-order chi connectivity index (χ1) is 19.7. The fourth-order valence-corrected chi connectivity index (χ4v) is 4.76. The minimum atomic E-state index is -1.05. The lowest BCUT2D eigenvalue weighted by Crippen LogP contribution is -2.56. The van der Waals surface area contributed by atoms with Crippen LogP contribution in [0.3, 0.4) is 0 Å². The Morgan fingerprint density at radius 1 is 0.927 bits per heavy atom. The summed E-state index contributed by atoms with van der Waals surface area (Å²) in [6.45, 7) is 3.07. The van der Waals surface area contributed by atoms with Crippen LogP contribution in [0.5, 0.6) is 0 Å². The largest absolute Gasteiger partial charge is 0.344 e. The first-order valence-corrected chi connectivity index (χ1v) is 13.9. The molecule has 0 bridgehead atoms. The number of rotatable bonds is 13.